The van der Waals surface area contributed by atoms with Gasteiger partial charge < -0.3 is 24.8 Å². The van der Waals surface area contributed by atoms with Gasteiger partial charge in [0.05, 0.1) is 12.8 Å². The summed E-state index contributed by atoms with van der Waals surface area (Å²) in [6, 6.07) is 0. The van der Waals surface area contributed by atoms with E-state index in [9.17, 15) is 14.4 Å². The molecule has 1 rings (SSSR count). The molecule has 0 saturated carbocycles. The number of carbonyl (C=O) groups excluding carboxylic acids is 1. The summed E-state index contributed by atoms with van der Waals surface area (Å²) in [5, 5.41) is 20.1. The zero-order chi connectivity index (χ0) is 13.1. The third-order valence-electron chi connectivity index (χ3n) is 2.21. The van der Waals surface area contributed by atoms with Gasteiger partial charge in [0.15, 0.2) is 5.60 Å². The zero-order valence-corrected chi connectivity index (χ0v) is 9.13. The summed E-state index contributed by atoms with van der Waals surface area (Å²) < 4.78 is 9.90. The monoisotopic (exact) mass is 245 g/mol. The third-order valence-corrected chi connectivity index (χ3v) is 2.21. The van der Waals surface area contributed by atoms with Crippen molar-refractivity contribution in [2.45, 2.75) is 18.4 Å². The van der Waals surface area contributed by atoms with Crippen molar-refractivity contribution in [1.82, 2.24) is 5.32 Å². The minimum absolute atomic E-state index is 0.159. The van der Waals surface area contributed by atoms with Crippen LogP contribution in [-0.2, 0) is 23.7 Å². The molecule has 0 aliphatic carbocycles. The van der Waals surface area contributed by atoms with E-state index in [-0.39, 0.29) is 6.44 Å². The molecule has 0 aromatic heterocycles. The van der Waals surface area contributed by atoms with Crippen molar-refractivity contribution in [3.05, 3.63) is 0 Å². The number of carboxylic acids is 2. The molecule has 17 heavy (non-hydrogen) atoms. The Morgan fingerprint density at radius 2 is 1.88 bits per heavy atom. The number of aliphatic carboxylic acids is 2. The van der Waals surface area contributed by atoms with Crippen molar-refractivity contribution in [2.75, 3.05) is 13.5 Å². The molecule has 94 valence electrons. The van der Waals surface area contributed by atoms with Gasteiger partial charge >= 0.3 is 25.0 Å². The molecule has 0 bridgehead atoms. The Morgan fingerprint density at radius 1 is 1.35 bits per heavy atom. The maximum atomic E-state index is 11.6. The van der Waals surface area contributed by atoms with Crippen molar-refractivity contribution in [2.24, 2.45) is 0 Å². The molecule has 0 radical (unpaired) electrons. The molecule has 1 fully saturated rings. The molecule has 1 aliphatic heterocycles. The lowest BCUT2D eigenvalue weighted by atomic mass is 9.89. The van der Waals surface area contributed by atoms with Gasteiger partial charge in [0.1, 0.15) is 0 Å². The maximum absolute atomic E-state index is 11.6. The van der Waals surface area contributed by atoms with E-state index in [0.29, 0.717) is 0 Å². The Hall–Kier alpha value is -1.61. The molecule has 1 saturated heterocycles. The van der Waals surface area contributed by atoms with E-state index in [1.165, 1.54) is 0 Å². The normalized spacial score (nSPS) is 17.9. The maximum Gasteiger partial charge on any atom is 0.542 e. The number of hydrogen-bond donors (Lipinski definition) is 3. The van der Waals surface area contributed by atoms with Crippen LogP contribution in [0, 0.1) is 0 Å². The Kier molecular flexibility index (Phi) is 4.08. The second-order valence-electron chi connectivity index (χ2n) is 3.65. The first-order valence-corrected chi connectivity index (χ1v) is 4.87. The van der Waals surface area contributed by atoms with Gasteiger partial charge in [-0.05, 0) is 7.05 Å². The Bertz CT molecular complexity index is 329. The second-order valence-corrected chi connectivity index (χ2v) is 3.65. The highest BCUT2D eigenvalue weighted by Crippen LogP contribution is 2.30. The van der Waals surface area contributed by atoms with E-state index in [4.69, 9.17) is 19.5 Å². The summed E-state index contributed by atoms with van der Waals surface area (Å²) in [4.78, 5) is 32.9. The highest BCUT2D eigenvalue weighted by Gasteiger charge is 2.54. The summed E-state index contributed by atoms with van der Waals surface area (Å²) in [6.07, 6.45) is -1.32. The highest BCUT2D eigenvalue weighted by molar-refractivity contribution is 6.49. The number of rotatable bonds is 6. The van der Waals surface area contributed by atoms with E-state index >= 15 is 0 Å². The number of carboxylic acid groups (broad SMARTS) is 2. The number of hydrogen-bond acceptors (Lipinski definition) is 6. The molecule has 9 heteroatoms. The molecule has 0 atom stereocenters. The topological polar surface area (TPSA) is 122 Å². The first kappa shape index (κ1) is 13.5. The molecule has 0 amide bonds. The largest absolute Gasteiger partial charge is 0.542 e. The smallest absolute Gasteiger partial charge is 0.507 e. The van der Waals surface area contributed by atoms with Crippen LogP contribution >= 0.6 is 0 Å². The molecule has 0 aromatic carbocycles. The summed E-state index contributed by atoms with van der Waals surface area (Å²) >= 11 is 0. The summed E-state index contributed by atoms with van der Waals surface area (Å²) in [5.41, 5.74) is -1.93. The minimum Gasteiger partial charge on any atom is -0.507 e. The van der Waals surface area contributed by atoms with Gasteiger partial charge in [-0.25, -0.2) is 0 Å². The van der Waals surface area contributed by atoms with Crippen molar-refractivity contribution in [1.29, 1.82) is 0 Å². The minimum atomic E-state index is -1.93. The fourth-order valence-corrected chi connectivity index (χ4v) is 1.58. The third kappa shape index (κ3) is 3.17. The fourth-order valence-electron chi connectivity index (χ4n) is 1.58. The molecule has 0 aromatic rings. The Labute approximate surface area is 97.0 Å². The molecule has 3 N–H and O–H groups in total. The van der Waals surface area contributed by atoms with Gasteiger partial charge in [-0.1, -0.05) is 0 Å². The summed E-state index contributed by atoms with van der Waals surface area (Å²) in [6.45, 7) is 0. The molecule has 1 heterocycles. The lowest BCUT2D eigenvalue weighted by Gasteiger charge is -2.20. The van der Waals surface area contributed by atoms with Crippen LogP contribution in [0.25, 0.3) is 0 Å². The molecule has 0 spiro atoms. The SMILES string of the molecule is CNCB1OC(=O)C(CC(=O)O)(CC(=O)O)O1. The molecule has 1 aliphatic rings. The van der Waals surface area contributed by atoms with E-state index in [1.807, 2.05) is 0 Å². The van der Waals surface area contributed by atoms with Crippen LogP contribution in [0.15, 0.2) is 0 Å². The lowest BCUT2D eigenvalue weighted by Crippen LogP contribution is -2.42. The molecule has 8 nitrogen and oxygen atoms in total. The van der Waals surface area contributed by atoms with Crippen LogP contribution in [0.5, 0.6) is 0 Å². The Morgan fingerprint density at radius 3 is 2.29 bits per heavy atom. The zero-order valence-electron chi connectivity index (χ0n) is 9.13. The first-order valence-electron chi connectivity index (χ1n) is 4.87. The average molecular weight is 245 g/mol. The van der Waals surface area contributed by atoms with Crippen molar-refractivity contribution in [3.63, 3.8) is 0 Å². The van der Waals surface area contributed by atoms with E-state index in [1.54, 1.807) is 7.05 Å². The standard InChI is InChI=1S/C8H12BNO7/c1-10-4-9-16-7(15)8(17-9,2-5(11)12)3-6(13)14/h10H,2-4H2,1H3,(H,11,12)(H,13,14). The van der Waals surface area contributed by atoms with Crippen LogP contribution in [-0.4, -0.2) is 54.3 Å². The quantitative estimate of drug-likeness (QED) is 0.483. The first-order chi connectivity index (χ1) is 7.89. The van der Waals surface area contributed by atoms with Crippen LogP contribution < -0.4 is 5.32 Å². The van der Waals surface area contributed by atoms with Gasteiger partial charge in [-0.2, -0.15) is 0 Å². The van der Waals surface area contributed by atoms with Gasteiger partial charge in [-0.3, -0.25) is 14.4 Å². The van der Waals surface area contributed by atoms with E-state index in [2.05, 4.69) is 5.32 Å². The number of carbonyl (C=O) groups is 3. The second kappa shape index (κ2) is 5.15. The van der Waals surface area contributed by atoms with Crippen molar-refractivity contribution < 1.29 is 33.9 Å². The van der Waals surface area contributed by atoms with Crippen LogP contribution in [0.4, 0.5) is 0 Å². The van der Waals surface area contributed by atoms with Gasteiger partial charge in [-0.15, -0.1) is 0 Å². The molecular formula is C8H12BNO7. The van der Waals surface area contributed by atoms with Gasteiger partial charge in [0, 0.05) is 6.44 Å². The predicted octanol–water partition coefficient (Wildman–Crippen LogP) is -1.51. The lowest BCUT2D eigenvalue weighted by molar-refractivity contribution is -0.157. The van der Waals surface area contributed by atoms with Gasteiger partial charge in [0.25, 0.3) is 0 Å². The molecular weight excluding hydrogens is 233 g/mol. The van der Waals surface area contributed by atoms with Crippen LogP contribution in [0.3, 0.4) is 0 Å². The average Bonchev–Trinajstić information content (AvgIpc) is 2.41. The van der Waals surface area contributed by atoms with Crippen molar-refractivity contribution in [3.8, 4) is 0 Å². The van der Waals surface area contributed by atoms with E-state index < -0.39 is 43.5 Å². The highest BCUT2D eigenvalue weighted by atomic mass is 16.7. The van der Waals surface area contributed by atoms with Crippen LogP contribution in [0.2, 0.25) is 0 Å². The van der Waals surface area contributed by atoms with Gasteiger partial charge in [0.2, 0.25) is 0 Å². The fraction of sp³-hybridized carbons (Fsp3) is 0.625. The Balaban J connectivity index is 2.86. The summed E-state index contributed by atoms with van der Waals surface area (Å²) in [7, 11) is 0.622. The molecule has 0 unspecified atom stereocenters. The van der Waals surface area contributed by atoms with Crippen LogP contribution in [0.1, 0.15) is 12.8 Å². The van der Waals surface area contributed by atoms with Crippen molar-refractivity contribution >= 4 is 25.0 Å². The van der Waals surface area contributed by atoms with E-state index in [0.717, 1.165) is 0 Å². The predicted molar refractivity (Wildman–Crippen MR) is 54.1 cm³/mol. The number of nitrogens with one attached hydrogen (secondary N) is 1. The summed E-state index contributed by atoms with van der Waals surface area (Å²) in [5.74, 6) is -3.61.